The first kappa shape index (κ1) is 14.5. The average molecular weight is 290 g/mol. The number of hydrogen-bond donors (Lipinski definition) is 2. The van der Waals surface area contributed by atoms with E-state index in [9.17, 15) is 10.1 Å². The molecule has 8 heteroatoms. The van der Waals surface area contributed by atoms with E-state index >= 15 is 0 Å². The highest BCUT2D eigenvalue weighted by atomic mass is 16.6. The molecule has 0 unspecified atom stereocenters. The van der Waals surface area contributed by atoms with Crippen LogP contribution in [0.15, 0.2) is 30.3 Å². The molecule has 1 aromatic carbocycles. The molecule has 0 amide bonds. The highest BCUT2D eigenvalue weighted by Gasteiger charge is 2.19. The van der Waals surface area contributed by atoms with Crippen LogP contribution in [0.25, 0.3) is 0 Å². The van der Waals surface area contributed by atoms with Gasteiger partial charge in [-0.3, -0.25) is 10.1 Å². The summed E-state index contributed by atoms with van der Waals surface area (Å²) in [6, 6.07) is 7.86. The molecule has 0 aliphatic heterocycles. The molecular formula is C13H14N4O4. The maximum absolute atomic E-state index is 11.0. The largest absolute Gasteiger partial charge is 0.493 e. The first-order chi connectivity index (χ1) is 10.0. The predicted octanol–water partition coefficient (Wildman–Crippen LogP) is 2.38. The van der Waals surface area contributed by atoms with Crippen molar-refractivity contribution in [1.29, 1.82) is 0 Å². The van der Waals surface area contributed by atoms with Crippen molar-refractivity contribution < 1.29 is 14.4 Å². The van der Waals surface area contributed by atoms with Crippen LogP contribution in [0.4, 0.5) is 11.5 Å². The standard InChI is InChI=1S/C13H14N4O4/c1-8-3-5-10(11(7-8)20-2)21-13-9(17(18)19)4-6-12(15-13)16-14/h3-7H,14H2,1-2H3,(H,15,16). The maximum Gasteiger partial charge on any atom is 0.331 e. The molecule has 110 valence electrons. The van der Waals surface area contributed by atoms with Gasteiger partial charge in [0.05, 0.1) is 12.0 Å². The second-order valence-corrected chi connectivity index (χ2v) is 4.18. The zero-order chi connectivity index (χ0) is 15.4. The average Bonchev–Trinajstić information content (AvgIpc) is 2.48. The zero-order valence-electron chi connectivity index (χ0n) is 11.5. The van der Waals surface area contributed by atoms with Crippen LogP contribution in [-0.4, -0.2) is 17.0 Å². The van der Waals surface area contributed by atoms with Gasteiger partial charge in [0.1, 0.15) is 5.82 Å². The van der Waals surface area contributed by atoms with Crippen molar-refractivity contribution in [1.82, 2.24) is 4.98 Å². The number of pyridine rings is 1. The van der Waals surface area contributed by atoms with Crippen molar-refractivity contribution in [3.05, 3.63) is 46.0 Å². The normalized spacial score (nSPS) is 10.0. The van der Waals surface area contributed by atoms with Crippen LogP contribution in [0.5, 0.6) is 17.4 Å². The number of rotatable bonds is 5. The molecule has 2 aromatic rings. The Bertz CT molecular complexity index is 675. The Labute approximate surface area is 120 Å². The monoisotopic (exact) mass is 290 g/mol. The summed E-state index contributed by atoms with van der Waals surface area (Å²) in [5, 5.41) is 11.0. The lowest BCUT2D eigenvalue weighted by Gasteiger charge is -2.11. The number of methoxy groups -OCH3 is 1. The molecule has 3 N–H and O–H groups in total. The fourth-order valence-corrected chi connectivity index (χ4v) is 1.69. The van der Waals surface area contributed by atoms with Crippen LogP contribution in [-0.2, 0) is 0 Å². The van der Waals surface area contributed by atoms with Crippen molar-refractivity contribution >= 4 is 11.5 Å². The van der Waals surface area contributed by atoms with Gasteiger partial charge in [-0.1, -0.05) is 6.07 Å². The molecule has 0 spiro atoms. The number of nitrogen functional groups attached to an aromatic ring is 1. The van der Waals surface area contributed by atoms with E-state index in [1.54, 1.807) is 18.2 Å². The van der Waals surface area contributed by atoms with Gasteiger partial charge >= 0.3 is 11.6 Å². The second kappa shape index (κ2) is 6.06. The van der Waals surface area contributed by atoms with Gasteiger partial charge in [0.15, 0.2) is 11.5 Å². The number of nitrogens with zero attached hydrogens (tertiary/aromatic N) is 2. The first-order valence-corrected chi connectivity index (χ1v) is 5.99. The molecule has 1 aromatic heterocycles. The van der Waals surface area contributed by atoms with Crippen molar-refractivity contribution in [2.24, 2.45) is 5.84 Å². The highest BCUT2D eigenvalue weighted by Crippen LogP contribution is 2.35. The van der Waals surface area contributed by atoms with E-state index < -0.39 is 4.92 Å². The lowest BCUT2D eigenvalue weighted by atomic mass is 10.2. The van der Waals surface area contributed by atoms with Gasteiger partial charge < -0.3 is 14.9 Å². The fourth-order valence-electron chi connectivity index (χ4n) is 1.69. The van der Waals surface area contributed by atoms with Crippen LogP contribution in [0.3, 0.4) is 0 Å². The SMILES string of the molecule is COc1cc(C)ccc1Oc1nc(NN)ccc1[N+](=O)[O-]. The van der Waals surface area contributed by atoms with E-state index in [-0.39, 0.29) is 17.4 Å². The van der Waals surface area contributed by atoms with E-state index in [1.165, 1.54) is 19.2 Å². The Morgan fingerprint density at radius 2 is 2.05 bits per heavy atom. The molecule has 0 bridgehead atoms. The van der Waals surface area contributed by atoms with Crippen LogP contribution in [0.2, 0.25) is 0 Å². The topological polar surface area (TPSA) is 113 Å². The number of nitrogens with two attached hydrogens (primary N) is 1. The molecule has 0 fully saturated rings. The highest BCUT2D eigenvalue weighted by molar-refractivity contribution is 5.52. The number of nitro groups is 1. The van der Waals surface area contributed by atoms with E-state index in [2.05, 4.69) is 10.4 Å². The van der Waals surface area contributed by atoms with Gasteiger partial charge in [0.25, 0.3) is 0 Å². The smallest absolute Gasteiger partial charge is 0.331 e. The number of aryl methyl sites for hydroxylation is 1. The third kappa shape index (κ3) is 3.18. The Morgan fingerprint density at radius 3 is 2.67 bits per heavy atom. The van der Waals surface area contributed by atoms with Gasteiger partial charge in [0.2, 0.25) is 0 Å². The zero-order valence-corrected chi connectivity index (χ0v) is 11.5. The Balaban J connectivity index is 2.45. The summed E-state index contributed by atoms with van der Waals surface area (Å²) in [5.74, 6) is 6.12. The number of nitrogens with one attached hydrogen (secondary N) is 1. The second-order valence-electron chi connectivity index (χ2n) is 4.18. The fraction of sp³-hybridized carbons (Fsp3) is 0.154. The molecule has 0 aliphatic carbocycles. The summed E-state index contributed by atoms with van der Waals surface area (Å²) in [6.45, 7) is 1.89. The van der Waals surface area contributed by atoms with Crippen molar-refractivity contribution in [3.8, 4) is 17.4 Å². The number of benzene rings is 1. The molecule has 0 saturated carbocycles. The summed E-state index contributed by atoms with van der Waals surface area (Å²) in [4.78, 5) is 14.4. The summed E-state index contributed by atoms with van der Waals surface area (Å²) >= 11 is 0. The Hall–Kier alpha value is -2.87. The molecule has 8 nitrogen and oxygen atoms in total. The molecule has 0 atom stereocenters. The lowest BCUT2D eigenvalue weighted by molar-refractivity contribution is -0.386. The molecule has 21 heavy (non-hydrogen) atoms. The van der Waals surface area contributed by atoms with Gasteiger partial charge in [0, 0.05) is 6.07 Å². The minimum atomic E-state index is -0.580. The number of aromatic nitrogens is 1. The van der Waals surface area contributed by atoms with Crippen molar-refractivity contribution in [2.45, 2.75) is 6.92 Å². The molecule has 0 radical (unpaired) electrons. The number of hydrazine groups is 1. The molecule has 0 saturated heterocycles. The van der Waals surface area contributed by atoms with Gasteiger partial charge in [-0.05, 0) is 30.7 Å². The number of anilines is 1. The third-order valence-electron chi connectivity index (χ3n) is 2.71. The number of ether oxygens (including phenoxy) is 2. The summed E-state index contributed by atoms with van der Waals surface area (Å²) < 4.78 is 10.7. The molecule has 2 rings (SSSR count). The minimum Gasteiger partial charge on any atom is -0.493 e. The lowest BCUT2D eigenvalue weighted by Crippen LogP contribution is -2.09. The minimum absolute atomic E-state index is 0.169. The van der Waals surface area contributed by atoms with Crippen LogP contribution < -0.4 is 20.7 Å². The van der Waals surface area contributed by atoms with Crippen LogP contribution in [0, 0.1) is 17.0 Å². The molecule has 0 aliphatic rings. The van der Waals surface area contributed by atoms with Gasteiger partial charge in [-0.2, -0.15) is 4.98 Å². The Kier molecular flexibility index (Phi) is 4.19. The third-order valence-corrected chi connectivity index (χ3v) is 2.71. The van der Waals surface area contributed by atoms with Crippen LogP contribution >= 0.6 is 0 Å². The summed E-state index contributed by atoms with van der Waals surface area (Å²) in [7, 11) is 1.49. The molecular weight excluding hydrogens is 276 g/mol. The number of hydrogen-bond acceptors (Lipinski definition) is 7. The predicted molar refractivity (Wildman–Crippen MR) is 76.5 cm³/mol. The Morgan fingerprint density at radius 1 is 1.29 bits per heavy atom. The maximum atomic E-state index is 11.0. The molecule has 1 heterocycles. The quantitative estimate of drug-likeness (QED) is 0.493. The summed E-state index contributed by atoms with van der Waals surface area (Å²) in [6.07, 6.45) is 0. The van der Waals surface area contributed by atoms with Crippen molar-refractivity contribution in [3.63, 3.8) is 0 Å². The van der Waals surface area contributed by atoms with E-state index in [1.807, 2.05) is 6.92 Å². The van der Waals surface area contributed by atoms with E-state index in [4.69, 9.17) is 15.3 Å². The van der Waals surface area contributed by atoms with E-state index in [0.29, 0.717) is 11.5 Å². The first-order valence-electron chi connectivity index (χ1n) is 5.99. The van der Waals surface area contributed by atoms with Crippen molar-refractivity contribution in [2.75, 3.05) is 12.5 Å². The summed E-state index contributed by atoms with van der Waals surface area (Å²) in [5.41, 5.74) is 3.02. The van der Waals surface area contributed by atoms with Crippen LogP contribution in [0.1, 0.15) is 5.56 Å². The van der Waals surface area contributed by atoms with Gasteiger partial charge in [-0.15, -0.1) is 0 Å². The van der Waals surface area contributed by atoms with Gasteiger partial charge in [-0.25, -0.2) is 5.84 Å². The van der Waals surface area contributed by atoms with E-state index in [0.717, 1.165) is 5.56 Å².